The molecule has 0 aliphatic carbocycles. The number of aliphatic imine (C=N–C) groups is 1. The fourth-order valence-corrected chi connectivity index (χ4v) is 5.16. The highest BCUT2D eigenvalue weighted by Gasteiger charge is 2.36. The summed E-state index contributed by atoms with van der Waals surface area (Å²) in [4.78, 5) is 32.0. The Morgan fingerprint density at radius 1 is 1.08 bits per heavy atom. The molecule has 196 valence electrons. The van der Waals surface area contributed by atoms with Crippen LogP contribution in [0.5, 0.6) is 11.5 Å². The number of hydrogen-bond donors (Lipinski definition) is 1. The minimum atomic E-state index is -4.56. The maximum Gasteiger partial charge on any atom is 0.416 e. The number of thioether (sulfide) groups is 1. The number of carbonyl (C=O) groups is 2. The quantitative estimate of drug-likeness (QED) is 0.398. The van der Waals surface area contributed by atoms with E-state index in [0.717, 1.165) is 23.9 Å². The van der Waals surface area contributed by atoms with Gasteiger partial charge in [0.05, 0.1) is 17.8 Å². The maximum atomic E-state index is 13.3. The molecule has 0 radical (unpaired) electrons. The molecule has 2 amide bonds. The number of nitrogens with one attached hydrogen (secondary N) is 1. The number of anilines is 1. The SMILES string of the molecule is O=C(Nc1cccc(Cl)c1)[C@H]1CC(=O)N(Cc2ccc3c(c2)OCO3)C(=Nc2cccc(C(F)(F)F)c2)S1. The summed E-state index contributed by atoms with van der Waals surface area (Å²) in [7, 11) is 0. The van der Waals surface area contributed by atoms with Crippen LogP contribution in [0.25, 0.3) is 0 Å². The topological polar surface area (TPSA) is 80.2 Å². The van der Waals surface area contributed by atoms with Crippen molar-refractivity contribution < 1.29 is 32.2 Å². The second-order valence-electron chi connectivity index (χ2n) is 8.42. The Balaban J connectivity index is 1.45. The molecule has 2 aliphatic rings. The summed E-state index contributed by atoms with van der Waals surface area (Å²) in [5.41, 5.74) is 0.280. The molecule has 0 spiro atoms. The Kier molecular flexibility index (Phi) is 7.22. The largest absolute Gasteiger partial charge is 0.454 e. The number of rotatable bonds is 5. The third-order valence-electron chi connectivity index (χ3n) is 5.70. The van der Waals surface area contributed by atoms with Gasteiger partial charge in [-0.3, -0.25) is 14.5 Å². The summed E-state index contributed by atoms with van der Waals surface area (Å²) >= 11 is 6.99. The predicted molar refractivity (Wildman–Crippen MR) is 138 cm³/mol. The highest BCUT2D eigenvalue weighted by Crippen LogP contribution is 2.36. The van der Waals surface area contributed by atoms with Crippen molar-refractivity contribution in [2.24, 2.45) is 4.99 Å². The van der Waals surface area contributed by atoms with Crippen LogP contribution in [0.3, 0.4) is 0 Å². The highest BCUT2D eigenvalue weighted by atomic mass is 35.5. The van der Waals surface area contributed by atoms with Gasteiger partial charge in [-0.2, -0.15) is 13.2 Å². The molecular weight excluding hydrogens is 543 g/mol. The number of hydrogen-bond acceptors (Lipinski definition) is 6. The average molecular weight is 562 g/mol. The fourth-order valence-electron chi connectivity index (χ4n) is 3.87. The number of nitrogens with zero attached hydrogens (tertiary/aromatic N) is 2. The summed E-state index contributed by atoms with van der Waals surface area (Å²) in [6.45, 7) is 0.159. The van der Waals surface area contributed by atoms with Gasteiger partial charge < -0.3 is 14.8 Å². The van der Waals surface area contributed by atoms with Crippen molar-refractivity contribution in [3.8, 4) is 11.5 Å². The van der Waals surface area contributed by atoms with E-state index in [1.165, 1.54) is 17.0 Å². The zero-order valence-corrected chi connectivity index (χ0v) is 21.1. The molecule has 3 aromatic carbocycles. The molecular formula is C26H19ClF3N3O4S. The minimum Gasteiger partial charge on any atom is -0.454 e. The second-order valence-corrected chi connectivity index (χ2v) is 10.0. The van der Waals surface area contributed by atoms with Crippen LogP contribution in [0.2, 0.25) is 5.02 Å². The van der Waals surface area contributed by atoms with Gasteiger partial charge in [0.25, 0.3) is 0 Å². The van der Waals surface area contributed by atoms with E-state index in [-0.39, 0.29) is 30.6 Å². The van der Waals surface area contributed by atoms with Gasteiger partial charge in [-0.1, -0.05) is 41.6 Å². The molecule has 5 rings (SSSR count). The highest BCUT2D eigenvalue weighted by molar-refractivity contribution is 8.15. The third kappa shape index (κ3) is 5.89. The number of benzene rings is 3. The first-order valence-electron chi connectivity index (χ1n) is 11.3. The van der Waals surface area contributed by atoms with Crippen LogP contribution < -0.4 is 14.8 Å². The van der Waals surface area contributed by atoms with Crippen molar-refractivity contribution in [1.82, 2.24) is 4.90 Å². The minimum absolute atomic E-state index is 0.00158. The molecule has 1 N–H and O–H groups in total. The molecule has 0 bridgehead atoms. The molecule has 0 saturated carbocycles. The Hall–Kier alpha value is -3.70. The van der Waals surface area contributed by atoms with E-state index in [1.54, 1.807) is 42.5 Å². The van der Waals surface area contributed by atoms with E-state index in [4.69, 9.17) is 21.1 Å². The van der Waals surface area contributed by atoms with Crippen molar-refractivity contribution in [2.75, 3.05) is 12.1 Å². The molecule has 0 unspecified atom stereocenters. The van der Waals surface area contributed by atoms with Gasteiger partial charge in [-0.15, -0.1) is 0 Å². The van der Waals surface area contributed by atoms with Gasteiger partial charge >= 0.3 is 6.18 Å². The van der Waals surface area contributed by atoms with Gasteiger partial charge in [-0.05, 0) is 54.1 Å². The molecule has 3 aromatic rings. The lowest BCUT2D eigenvalue weighted by Gasteiger charge is -2.32. The third-order valence-corrected chi connectivity index (χ3v) is 7.12. The molecule has 1 saturated heterocycles. The van der Waals surface area contributed by atoms with Gasteiger partial charge in [-0.25, -0.2) is 4.99 Å². The number of carbonyl (C=O) groups excluding carboxylic acids is 2. The first kappa shape index (κ1) is 25.9. The van der Waals surface area contributed by atoms with E-state index >= 15 is 0 Å². The van der Waals surface area contributed by atoms with Crippen LogP contribution in [0, 0.1) is 0 Å². The summed E-state index contributed by atoms with van der Waals surface area (Å²) in [5.74, 6) is 0.238. The van der Waals surface area contributed by atoms with Crippen molar-refractivity contribution in [3.05, 3.63) is 82.9 Å². The normalized spacial score (nSPS) is 18.1. The first-order valence-corrected chi connectivity index (χ1v) is 12.6. The van der Waals surface area contributed by atoms with E-state index in [2.05, 4.69) is 10.3 Å². The number of fused-ring (bicyclic) bond motifs is 1. The number of ether oxygens (including phenoxy) is 2. The smallest absolute Gasteiger partial charge is 0.416 e. The van der Waals surface area contributed by atoms with Gasteiger partial charge in [0, 0.05) is 17.1 Å². The van der Waals surface area contributed by atoms with Crippen LogP contribution in [-0.2, 0) is 22.3 Å². The van der Waals surface area contributed by atoms with Gasteiger partial charge in [0.2, 0.25) is 18.6 Å². The van der Waals surface area contributed by atoms with Crippen LogP contribution in [-0.4, -0.2) is 33.9 Å². The lowest BCUT2D eigenvalue weighted by Crippen LogP contribution is -2.44. The maximum absolute atomic E-state index is 13.3. The van der Waals surface area contributed by atoms with Crippen LogP contribution >= 0.6 is 23.4 Å². The van der Waals surface area contributed by atoms with Crippen LogP contribution in [0.4, 0.5) is 24.5 Å². The molecule has 1 atom stereocenters. The van der Waals surface area contributed by atoms with E-state index < -0.39 is 28.8 Å². The molecule has 2 aliphatic heterocycles. The van der Waals surface area contributed by atoms with Crippen molar-refractivity contribution in [2.45, 2.75) is 24.4 Å². The Bertz CT molecular complexity index is 1430. The average Bonchev–Trinajstić information content (AvgIpc) is 3.33. The lowest BCUT2D eigenvalue weighted by atomic mass is 10.1. The monoisotopic (exact) mass is 561 g/mol. The molecule has 1 fully saturated rings. The fraction of sp³-hybridized carbons (Fsp3) is 0.192. The second kappa shape index (κ2) is 10.6. The van der Waals surface area contributed by atoms with Gasteiger partial charge in [0.15, 0.2) is 16.7 Å². The Morgan fingerprint density at radius 3 is 2.66 bits per heavy atom. The number of halogens is 4. The first-order chi connectivity index (χ1) is 18.2. The van der Waals surface area contributed by atoms with Crippen molar-refractivity contribution in [1.29, 1.82) is 0 Å². The number of amides is 2. The number of alkyl halides is 3. The summed E-state index contributed by atoms with van der Waals surface area (Å²) in [6.07, 6.45) is -4.69. The zero-order chi connectivity index (χ0) is 26.9. The lowest BCUT2D eigenvalue weighted by molar-refractivity contribution is -0.137. The van der Waals surface area contributed by atoms with Crippen LogP contribution in [0.1, 0.15) is 17.5 Å². The molecule has 12 heteroatoms. The van der Waals surface area contributed by atoms with E-state index in [9.17, 15) is 22.8 Å². The van der Waals surface area contributed by atoms with Gasteiger partial charge in [0.1, 0.15) is 5.25 Å². The van der Waals surface area contributed by atoms with E-state index in [0.29, 0.717) is 27.8 Å². The van der Waals surface area contributed by atoms with Crippen LogP contribution in [0.15, 0.2) is 71.7 Å². The Morgan fingerprint density at radius 2 is 1.87 bits per heavy atom. The molecule has 7 nitrogen and oxygen atoms in total. The van der Waals surface area contributed by atoms with Crippen molar-refractivity contribution >= 4 is 51.7 Å². The molecule has 2 heterocycles. The summed E-state index contributed by atoms with van der Waals surface area (Å²) in [5, 5.41) is 2.40. The standard InChI is InChI=1S/C26H19ClF3N3O4S/c27-17-4-2-6-19(11-17)31-24(35)22-12-23(34)33(13-15-7-8-20-21(9-15)37-14-36-20)25(38-22)32-18-5-1-3-16(10-18)26(28,29)30/h1-11,22H,12-14H2,(H,31,35)/t22-/m1/s1. The number of amidine groups is 1. The molecule has 0 aromatic heterocycles. The van der Waals surface area contributed by atoms with Crippen molar-refractivity contribution in [3.63, 3.8) is 0 Å². The predicted octanol–water partition coefficient (Wildman–Crippen LogP) is 6.25. The Labute approximate surface area is 224 Å². The molecule has 38 heavy (non-hydrogen) atoms. The summed E-state index contributed by atoms with van der Waals surface area (Å²) in [6, 6.07) is 16.2. The summed E-state index contributed by atoms with van der Waals surface area (Å²) < 4.78 is 50.6. The zero-order valence-electron chi connectivity index (χ0n) is 19.5. The van der Waals surface area contributed by atoms with E-state index in [1.807, 2.05) is 0 Å².